The number of rotatable bonds is 1. The van der Waals surface area contributed by atoms with Gasteiger partial charge in [0.25, 0.3) is 0 Å². The molecule has 0 unspecified atom stereocenters. The number of hydrogen-bond donors (Lipinski definition) is 1. The Hall–Kier alpha value is -2.41. The summed E-state index contributed by atoms with van der Waals surface area (Å²) >= 11 is 12.4. The highest BCUT2D eigenvalue weighted by Crippen LogP contribution is 2.61. The van der Waals surface area contributed by atoms with Crippen molar-refractivity contribution in [3.8, 4) is 0 Å². The summed E-state index contributed by atoms with van der Waals surface area (Å²) < 4.78 is 0. The van der Waals surface area contributed by atoms with Crippen LogP contribution in [-0.2, 0) is 19.9 Å². The van der Waals surface area contributed by atoms with E-state index in [1.54, 1.807) is 12.1 Å². The lowest BCUT2D eigenvalue weighted by molar-refractivity contribution is -0.135. The van der Waals surface area contributed by atoms with E-state index in [1.165, 1.54) is 11.0 Å². The summed E-state index contributed by atoms with van der Waals surface area (Å²) in [6, 6.07) is 10.3. The van der Waals surface area contributed by atoms with Crippen LogP contribution in [0.2, 0.25) is 10.0 Å². The maximum absolute atomic E-state index is 13.9. The number of halogens is 2. The molecular weight excluding hydrogens is 437 g/mol. The third-order valence-corrected chi connectivity index (χ3v) is 7.92. The number of carbonyl (C=O) groups excluding carboxylic acids is 3. The summed E-state index contributed by atoms with van der Waals surface area (Å²) in [5, 5.41) is 3.68. The molecule has 2 aromatic rings. The Morgan fingerprint density at radius 1 is 1.10 bits per heavy atom. The molecule has 4 heterocycles. The van der Waals surface area contributed by atoms with Gasteiger partial charge in [-0.25, -0.2) is 4.90 Å². The van der Waals surface area contributed by atoms with Gasteiger partial charge in [0.05, 0.1) is 22.5 Å². The Bertz CT molecular complexity index is 1200. The zero-order chi connectivity index (χ0) is 21.7. The maximum atomic E-state index is 13.9. The van der Waals surface area contributed by atoms with Crippen molar-refractivity contribution < 1.29 is 14.4 Å². The van der Waals surface area contributed by atoms with Crippen LogP contribution in [0, 0.1) is 18.8 Å². The topological polar surface area (TPSA) is 69.7 Å². The van der Waals surface area contributed by atoms with Crippen molar-refractivity contribution in [2.24, 2.45) is 11.8 Å². The number of para-hydroxylation sites is 1. The molecule has 3 fully saturated rings. The molecule has 4 atom stereocenters. The third kappa shape index (κ3) is 2.20. The Labute approximate surface area is 189 Å². The number of imide groups is 1. The number of anilines is 2. The first-order valence-corrected chi connectivity index (χ1v) is 11.1. The van der Waals surface area contributed by atoms with Crippen LogP contribution in [0.3, 0.4) is 0 Å². The van der Waals surface area contributed by atoms with Gasteiger partial charge in [0.15, 0.2) is 0 Å². The lowest BCUT2D eigenvalue weighted by Gasteiger charge is -2.36. The summed E-state index contributed by atoms with van der Waals surface area (Å²) in [6.07, 6.45) is 1.66. The summed E-state index contributed by atoms with van der Waals surface area (Å²) in [6.45, 7) is 2.62. The number of hydrogen-bond acceptors (Lipinski definition) is 4. The largest absolute Gasteiger partial charge is 0.324 e. The van der Waals surface area contributed by atoms with Crippen molar-refractivity contribution in [1.29, 1.82) is 0 Å². The number of amides is 3. The van der Waals surface area contributed by atoms with E-state index in [0.29, 0.717) is 17.3 Å². The quantitative estimate of drug-likeness (QED) is 0.665. The summed E-state index contributed by atoms with van der Waals surface area (Å²) in [4.78, 5) is 44.4. The Balaban J connectivity index is 1.57. The Morgan fingerprint density at radius 2 is 1.90 bits per heavy atom. The Morgan fingerprint density at radius 3 is 2.68 bits per heavy atom. The second-order valence-electron chi connectivity index (χ2n) is 8.73. The van der Waals surface area contributed by atoms with Gasteiger partial charge in [-0.15, -0.1) is 0 Å². The van der Waals surface area contributed by atoms with Gasteiger partial charge >= 0.3 is 0 Å². The van der Waals surface area contributed by atoms with E-state index in [-0.39, 0.29) is 28.8 Å². The smallest absolute Gasteiger partial charge is 0.250 e. The van der Waals surface area contributed by atoms with Crippen LogP contribution >= 0.6 is 23.2 Å². The number of nitrogens with one attached hydrogen (secondary N) is 1. The van der Waals surface area contributed by atoms with Gasteiger partial charge in [-0.05, 0) is 50.1 Å². The van der Waals surface area contributed by atoms with E-state index in [1.807, 2.05) is 25.1 Å². The summed E-state index contributed by atoms with van der Waals surface area (Å²) in [5.74, 6) is -2.26. The molecule has 158 valence electrons. The number of carbonyl (C=O) groups is 3. The summed E-state index contributed by atoms with van der Waals surface area (Å²) in [7, 11) is 0. The van der Waals surface area contributed by atoms with Crippen LogP contribution < -0.4 is 10.2 Å². The average Bonchev–Trinajstić information content (AvgIpc) is 3.42. The maximum Gasteiger partial charge on any atom is 0.250 e. The molecule has 6 rings (SSSR count). The third-order valence-electron chi connectivity index (χ3n) is 7.39. The number of benzene rings is 2. The van der Waals surface area contributed by atoms with E-state index in [2.05, 4.69) is 10.2 Å². The van der Waals surface area contributed by atoms with Crippen LogP contribution in [0.25, 0.3) is 0 Å². The van der Waals surface area contributed by atoms with Crippen LogP contribution in [-0.4, -0.2) is 35.2 Å². The molecule has 3 amide bonds. The molecular formula is C23H19Cl2N3O3. The molecule has 0 saturated carbocycles. The van der Waals surface area contributed by atoms with Crippen molar-refractivity contribution in [3.05, 3.63) is 57.6 Å². The predicted molar refractivity (Wildman–Crippen MR) is 117 cm³/mol. The average molecular weight is 456 g/mol. The fourth-order valence-electron chi connectivity index (χ4n) is 6.28. The van der Waals surface area contributed by atoms with Crippen molar-refractivity contribution >= 4 is 52.3 Å². The molecule has 0 bridgehead atoms. The Kier molecular flexibility index (Phi) is 3.93. The van der Waals surface area contributed by atoms with Gasteiger partial charge in [0.1, 0.15) is 5.54 Å². The van der Waals surface area contributed by atoms with E-state index >= 15 is 0 Å². The minimum absolute atomic E-state index is 0.158. The van der Waals surface area contributed by atoms with E-state index in [9.17, 15) is 14.4 Å². The van der Waals surface area contributed by atoms with Crippen molar-refractivity contribution in [3.63, 3.8) is 0 Å². The normalized spacial score (nSPS) is 31.4. The first-order chi connectivity index (χ1) is 14.9. The highest BCUT2D eigenvalue weighted by Gasteiger charge is 2.74. The van der Waals surface area contributed by atoms with Crippen molar-refractivity contribution in [1.82, 2.24) is 4.90 Å². The monoisotopic (exact) mass is 455 g/mol. The molecule has 0 radical (unpaired) electrons. The zero-order valence-corrected chi connectivity index (χ0v) is 18.2. The van der Waals surface area contributed by atoms with Crippen LogP contribution in [0.15, 0.2) is 36.4 Å². The predicted octanol–water partition coefficient (Wildman–Crippen LogP) is 3.73. The molecule has 2 aromatic carbocycles. The second-order valence-corrected chi connectivity index (χ2v) is 9.58. The number of nitrogens with zero attached hydrogens (tertiary/aromatic N) is 2. The van der Waals surface area contributed by atoms with Crippen LogP contribution in [0.4, 0.5) is 11.4 Å². The standard InChI is InChI=1S/C23H19Cl2N3O3/c1-11-4-2-5-13-19(11)26-22(31)23(13)18-17(16-6-3-9-27(16)23)20(29)28(21(18)30)15-8-7-12(24)10-14(15)25/h2,4-5,7-8,10,16-18H,3,6,9H2,1H3,(H,26,31)/t16-,17+,18-,23+/m0/s1. The molecule has 6 nitrogen and oxygen atoms in total. The van der Waals surface area contributed by atoms with Crippen molar-refractivity contribution in [2.45, 2.75) is 31.3 Å². The SMILES string of the molecule is Cc1cccc2c1NC(=O)[C@]21[C@@H]2C(=O)N(c3ccc(Cl)cc3Cl)C(=O)[C@@H]2[C@@H]2CCCN21. The molecule has 1 spiro atoms. The zero-order valence-electron chi connectivity index (χ0n) is 16.7. The highest BCUT2D eigenvalue weighted by atomic mass is 35.5. The van der Waals surface area contributed by atoms with Gasteiger partial charge < -0.3 is 5.32 Å². The molecule has 31 heavy (non-hydrogen) atoms. The molecule has 1 N–H and O–H groups in total. The first kappa shape index (κ1) is 19.3. The van der Waals surface area contributed by atoms with E-state index in [0.717, 1.165) is 29.7 Å². The first-order valence-electron chi connectivity index (χ1n) is 10.4. The van der Waals surface area contributed by atoms with E-state index < -0.39 is 17.4 Å². The van der Waals surface area contributed by atoms with Gasteiger partial charge in [0.2, 0.25) is 17.7 Å². The second kappa shape index (κ2) is 6.31. The molecule has 0 aliphatic carbocycles. The van der Waals surface area contributed by atoms with Crippen molar-refractivity contribution in [2.75, 3.05) is 16.8 Å². The van der Waals surface area contributed by atoms with Gasteiger partial charge in [-0.2, -0.15) is 0 Å². The van der Waals surface area contributed by atoms with Gasteiger partial charge in [-0.3, -0.25) is 19.3 Å². The highest BCUT2D eigenvalue weighted by molar-refractivity contribution is 6.38. The molecule has 4 aliphatic rings. The van der Waals surface area contributed by atoms with Gasteiger partial charge in [-0.1, -0.05) is 41.4 Å². The molecule has 3 saturated heterocycles. The number of fused-ring (bicyclic) bond motifs is 7. The summed E-state index contributed by atoms with van der Waals surface area (Å²) in [5.41, 5.74) is 1.63. The molecule has 4 aliphatic heterocycles. The molecule has 8 heteroatoms. The fraction of sp³-hybridized carbons (Fsp3) is 0.348. The fourth-order valence-corrected chi connectivity index (χ4v) is 6.77. The minimum atomic E-state index is -1.17. The van der Waals surface area contributed by atoms with Crippen LogP contribution in [0.1, 0.15) is 24.0 Å². The lowest BCUT2D eigenvalue weighted by atomic mass is 9.75. The lowest BCUT2D eigenvalue weighted by Crippen LogP contribution is -2.54. The molecule has 0 aromatic heterocycles. The van der Waals surface area contributed by atoms with Crippen LogP contribution in [0.5, 0.6) is 0 Å². The van der Waals surface area contributed by atoms with Gasteiger partial charge in [0, 0.05) is 22.3 Å². The number of aryl methyl sites for hydroxylation is 1. The van der Waals surface area contributed by atoms with E-state index in [4.69, 9.17) is 23.2 Å². The minimum Gasteiger partial charge on any atom is -0.324 e.